The van der Waals surface area contributed by atoms with E-state index in [1.54, 1.807) is 0 Å². The fraction of sp³-hybridized carbons (Fsp3) is 0.333. The lowest BCUT2D eigenvalue weighted by Crippen LogP contribution is -2.32. The molecule has 0 bridgehead atoms. The molecule has 1 aromatic rings. The predicted molar refractivity (Wildman–Crippen MR) is 39.7 cm³/mol. The maximum absolute atomic E-state index is 10.9. The molecule has 1 rings (SSSR count). The molecule has 0 amide bonds. The Balaban J connectivity index is 3.19. The summed E-state index contributed by atoms with van der Waals surface area (Å²) < 4.78 is 0.821. The number of H-pyrrole nitrogens is 1. The predicted octanol–water partition coefficient (Wildman–Crippen LogP) is -1.98. The van der Waals surface area contributed by atoms with Gasteiger partial charge in [0.2, 0.25) is 0 Å². The fourth-order valence-corrected chi connectivity index (χ4v) is 0.750. The molecule has 0 radical (unpaired) electrons. The average Bonchev–Trinajstić information content (AvgIpc) is 2.03. The first-order valence-corrected chi connectivity index (χ1v) is 3.25. The number of aliphatic hydroxyl groups excluding tert-OH is 2. The van der Waals surface area contributed by atoms with Crippen molar-refractivity contribution in [1.29, 1.82) is 0 Å². The van der Waals surface area contributed by atoms with E-state index in [4.69, 9.17) is 10.2 Å². The molecule has 0 aliphatic rings. The van der Waals surface area contributed by atoms with Gasteiger partial charge in [0, 0.05) is 12.3 Å². The number of nitrogens with one attached hydrogen (secondary N) is 1. The summed E-state index contributed by atoms with van der Waals surface area (Å²) in [5, 5.41) is 17.5. The molecule has 0 saturated carbocycles. The Morgan fingerprint density at radius 1 is 1.58 bits per heavy atom. The molecule has 1 atom stereocenters. The van der Waals surface area contributed by atoms with Gasteiger partial charge in [0.25, 0.3) is 5.56 Å². The highest BCUT2D eigenvalue weighted by Crippen LogP contribution is 1.91. The van der Waals surface area contributed by atoms with Gasteiger partial charge in [0.1, 0.15) is 0 Å². The highest BCUT2D eigenvalue weighted by atomic mass is 16.3. The summed E-state index contributed by atoms with van der Waals surface area (Å²) in [5.74, 6) is 0. The van der Waals surface area contributed by atoms with Crippen LogP contribution in [0.1, 0.15) is 6.23 Å². The minimum absolute atomic E-state index is 0.540. The summed E-state index contributed by atoms with van der Waals surface area (Å²) >= 11 is 0. The summed E-state index contributed by atoms with van der Waals surface area (Å²) in [4.78, 5) is 23.4. The monoisotopic (exact) mass is 172 g/mol. The van der Waals surface area contributed by atoms with Crippen LogP contribution in [0.4, 0.5) is 0 Å². The van der Waals surface area contributed by atoms with Crippen LogP contribution in [0.25, 0.3) is 0 Å². The number of aromatic nitrogens is 2. The largest absolute Gasteiger partial charge is 0.392 e. The van der Waals surface area contributed by atoms with Crippen LogP contribution in [0.5, 0.6) is 0 Å². The normalized spacial score (nSPS) is 12.8. The summed E-state index contributed by atoms with van der Waals surface area (Å²) in [6.45, 7) is -0.577. The van der Waals surface area contributed by atoms with Crippen molar-refractivity contribution in [2.45, 2.75) is 6.23 Å². The molecule has 6 heteroatoms. The van der Waals surface area contributed by atoms with Crippen LogP contribution >= 0.6 is 0 Å². The van der Waals surface area contributed by atoms with Crippen molar-refractivity contribution in [3.8, 4) is 0 Å². The topological polar surface area (TPSA) is 95.3 Å². The maximum Gasteiger partial charge on any atom is 0.330 e. The van der Waals surface area contributed by atoms with Gasteiger partial charge in [-0.25, -0.2) is 4.79 Å². The zero-order valence-corrected chi connectivity index (χ0v) is 6.10. The van der Waals surface area contributed by atoms with Crippen LogP contribution in [0.3, 0.4) is 0 Å². The minimum Gasteiger partial charge on any atom is -0.392 e. The second-order valence-electron chi connectivity index (χ2n) is 2.18. The Hall–Kier alpha value is -1.40. The fourth-order valence-electron chi connectivity index (χ4n) is 0.750. The zero-order chi connectivity index (χ0) is 9.14. The Morgan fingerprint density at radius 3 is 2.75 bits per heavy atom. The van der Waals surface area contributed by atoms with Gasteiger partial charge < -0.3 is 10.2 Å². The van der Waals surface area contributed by atoms with E-state index in [1.807, 2.05) is 4.98 Å². The van der Waals surface area contributed by atoms with Crippen LogP contribution in [-0.2, 0) is 0 Å². The van der Waals surface area contributed by atoms with E-state index in [2.05, 4.69) is 0 Å². The number of hydrogen-bond acceptors (Lipinski definition) is 4. The summed E-state index contributed by atoms with van der Waals surface area (Å²) in [5.41, 5.74) is -1.29. The van der Waals surface area contributed by atoms with Crippen molar-refractivity contribution in [2.75, 3.05) is 6.61 Å². The SMILES string of the molecule is O=c1ccn([C@H](O)CO)c(=O)[nH]1. The van der Waals surface area contributed by atoms with Gasteiger partial charge in [-0.05, 0) is 0 Å². The molecule has 0 spiro atoms. The third-order valence-corrected chi connectivity index (χ3v) is 1.34. The van der Waals surface area contributed by atoms with E-state index in [9.17, 15) is 9.59 Å². The Bertz CT molecular complexity index is 366. The van der Waals surface area contributed by atoms with E-state index in [1.165, 1.54) is 0 Å². The van der Waals surface area contributed by atoms with Crippen molar-refractivity contribution >= 4 is 0 Å². The molecule has 1 heterocycles. The second kappa shape index (κ2) is 3.33. The van der Waals surface area contributed by atoms with Crippen molar-refractivity contribution in [2.24, 2.45) is 0 Å². The number of rotatable bonds is 2. The first-order valence-electron chi connectivity index (χ1n) is 3.25. The summed E-state index contributed by atoms with van der Waals surface area (Å²) in [6, 6.07) is 1.08. The lowest BCUT2D eigenvalue weighted by Gasteiger charge is -2.08. The average molecular weight is 172 g/mol. The maximum atomic E-state index is 10.9. The molecule has 0 fully saturated rings. The van der Waals surface area contributed by atoms with Crippen LogP contribution < -0.4 is 11.2 Å². The van der Waals surface area contributed by atoms with Gasteiger partial charge in [-0.2, -0.15) is 0 Å². The molecule has 6 nitrogen and oxygen atoms in total. The molecule has 0 saturated heterocycles. The molecule has 66 valence electrons. The standard InChI is InChI=1S/C6H8N2O4/c9-3-5(11)8-2-1-4(10)7-6(8)12/h1-2,5,9,11H,3H2,(H,7,10,12)/t5-/m1/s1. The first kappa shape index (κ1) is 8.69. The first-order chi connectivity index (χ1) is 5.65. The second-order valence-corrected chi connectivity index (χ2v) is 2.18. The highest BCUT2D eigenvalue weighted by molar-refractivity contribution is 4.83. The molecular formula is C6H8N2O4. The number of hydrogen-bond donors (Lipinski definition) is 3. The van der Waals surface area contributed by atoms with E-state index >= 15 is 0 Å². The minimum atomic E-state index is -1.31. The molecule has 0 aliphatic carbocycles. The third kappa shape index (κ3) is 1.60. The quantitative estimate of drug-likeness (QED) is 0.481. The Labute approximate surface area is 66.7 Å². The van der Waals surface area contributed by atoms with Crippen molar-refractivity contribution < 1.29 is 10.2 Å². The van der Waals surface area contributed by atoms with Crippen molar-refractivity contribution in [3.63, 3.8) is 0 Å². The van der Waals surface area contributed by atoms with Gasteiger partial charge in [0.15, 0.2) is 6.23 Å². The Kier molecular flexibility index (Phi) is 2.41. The molecule has 0 aromatic carbocycles. The lowest BCUT2D eigenvalue weighted by atomic mass is 10.5. The van der Waals surface area contributed by atoms with E-state index in [0.717, 1.165) is 16.8 Å². The van der Waals surface area contributed by atoms with Gasteiger partial charge in [-0.15, -0.1) is 0 Å². The smallest absolute Gasteiger partial charge is 0.330 e. The lowest BCUT2D eigenvalue weighted by molar-refractivity contribution is 0.0352. The molecule has 3 N–H and O–H groups in total. The van der Waals surface area contributed by atoms with Gasteiger partial charge in [-0.3, -0.25) is 14.3 Å². The zero-order valence-electron chi connectivity index (χ0n) is 6.10. The molecular weight excluding hydrogens is 164 g/mol. The number of nitrogens with zero attached hydrogens (tertiary/aromatic N) is 1. The van der Waals surface area contributed by atoms with E-state index in [-0.39, 0.29) is 0 Å². The van der Waals surface area contributed by atoms with Gasteiger partial charge in [-0.1, -0.05) is 0 Å². The summed E-state index contributed by atoms with van der Waals surface area (Å²) in [7, 11) is 0. The van der Waals surface area contributed by atoms with Crippen LogP contribution in [0.2, 0.25) is 0 Å². The molecule has 12 heavy (non-hydrogen) atoms. The van der Waals surface area contributed by atoms with E-state index < -0.39 is 24.1 Å². The van der Waals surface area contributed by atoms with Crippen LogP contribution in [0.15, 0.2) is 21.9 Å². The number of aliphatic hydroxyl groups is 2. The summed E-state index contributed by atoms with van der Waals surface area (Å²) in [6.07, 6.45) is -0.198. The van der Waals surface area contributed by atoms with Crippen LogP contribution in [0, 0.1) is 0 Å². The molecule has 0 unspecified atom stereocenters. The van der Waals surface area contributed by atoms with E-state index in [0.29, 0.717) is 0 Å². The van der Waals surface area contributed by atoms with Gasteiger partial charge in [0.05, 0.1) is 6.61 Å². The van der Waals surface area contributed by atoms with Crippen molar-refractivity contribution in [1.82, 2.24) is 9.55 Å². The Morgan fingerprint density at radius 2 is 2.25 bits per heavy atom. The van der Waals surface area contributed by atoms with Gasteiger partial charge >= 0.3 is 5.69 Å². The van der Waals surface area contributed by atoms with Crippen molar-refractivity contribution in [3.05, 3.63) is 33.1 Å². The van der Waals surface area contributed by atoms with Crippen LogP contribution in [-0.4, -0.2) is 26.4 Å². The molecule has 1 aromatic heterocycles. The molecule has 0 aliphatic heterocycles. The third-order valence-electron chi connectivity index (χ3n) is 1.34. The number of aromatic amines is 1. The highest BCUT2D eigenvalue weighted by Gasteiger charge is 2.05.